The van der Waals surface area contributed by atoms with Gasteiger partial charge in [-0.05, 0) is 30.2 Å². The molecule has 102 valence electrons. The van der Waals surface area contributed by atoms with E-state index in [0.717, 1.165) is 5.56 Å². The summed E-state index contributed by atoms with van der Waals surface area (Å²) >= 11 is 0. The van der Waals surface area contributed by atoms with Crippen molar-refractivity contribution in [2.24, 2.45) is 0 Å². The molecule has 6 heteroatoms. The Bertz CT molecular complexity index is 614. The molecule has 2 heterocycles. The summed E-state index contributed by atoms with van der Waals surface area (Å²) in [5.41, 5.74) is 1.30. The molecule has 0 spiro atoms. The van der Waals surface area contributed by atoms with E-state index in [1.54, 1.807) is 18.5 Å². The molecule has 20 heavy (non-hydrogen) atoms. The molecule has 1 amide bonds. The highest BCUT2D eigenvalue weighted by Crippen LogP contribution is 2.09. The normalized spacial score (nSPS) is 10.0. The summed E-state index contributed by atoms with van der Waals surface area (Å²) in [5, 5.41) is 11.5. The standard InChI is InChI=1S/C14H13N3O3/c18-13(4-3-10-2-1-6-15-9-10)17-11-5-7-16-12(8-11)14(19)20/h1-2,5-9H,3-4H2,(H,19,20)(H,16,17,18). The Labute approximate surface area is 115 Å². The largest absolute Gasteiger partial charge is 0.477 e. The molecule has 2 rings (SSSR count). The van der Waals surface area contributed by atoms with Crippen LogP contribution in [0.1, 0.15) is 22.5 Å². The number of aromatic carboxylic acids is 1. The first-order chi connectivity index (χ1) is 9.65. The molecule has 0 aliphatic carbocycles. The first-order valence-corrected chi connectivity index (χ1v) is 6.03. The fraction of sp³-hybridized carbons (Fsp3) is 0.143. The van der Waals surface area contributed by atoms with E-state index in [9.17, 15) is 9.59 Å². The van der Waals surface area contributed by atoms with Gasteiger partial charge >= 0.3 is 5.97 Å². The summed E-state index contributed by atoms with van der Waals surface area (Å²) in [5.74, 6) is -1.31. The summed E-state index contributed by atoms with van der Waals surface area (Å²) in [4.78, 5) is 30.2. The number of carboxylic acids is 1. The molecule has 0 atom stereocenters. The van der Waals surface area contributed by atoms with Crippen molar-refractivity contribution in [3.8, 4) is 0 Å². The number of anilines is 1. The average Bonchev–Trinajstić information content (AvgIpc) is 2.46. The van der Waals surface area contributed by atoms with Gasteiger partial charge in [-0.3, -0.25) is 9.78 Å². The lowest BCUT2D eigenvalue weighted by Crippen LogP contribution is -2.13. The van der Waals surface area contributed by atoms with E-state index in [1.807, 2.05) is 12.1 Å². The van der Waals surface area contributed by atoms with Crippen LogP contribution in [-0.4, -0.2) is 27.0 Å². The third-order valence-corrected chi connectivity index (χ3v) is 2.63. The number of aromatic nitrogens is 2. The Balaban J connectivity index is 1.91. The van der Waals surface area contributed by atoms with Gasteiger partial charge in [-0.2, -0.15) is 0 Å². The van der Waals surface area contributed by atoms with Gasteiger partial charge in [0.2, 0.25) is 5.91 Å². The SMILES string of the molecule is O=C(CCc1cccnc1)Nc1ccnc(C(=O)O)c1. The van der Waals surface area contributed by atoms with Crippen molar-refractivity contribution in [3.05, 3.63) is 54.1 Å². The second kappa shape index (κ2) is 6.42. The molecule has 0 aliphatic rings. The number of aryl methyl sites for hydroxylation is 1. The lowest BCUT2D eigenvalue weighted by molar-refractivity contribution is -0.116. The van der Waals surface area contributed by atoms with Crippen LogP contribution in [0.3, 0.4) is 0 Å². The van der Waals surface area contributed by atoms with Crippen LogP contribution in [0, 0.1) is 0 Å². The van der Waals surface area contributed by atoms with Gasteiger partial charge in [0.05, 0.1) is 0 Å². The molecule has 0 aliphatic heterocycles. The highest BCUT2D eigenvalue weighted by Gasteiger charge is 2.07. The predicted molar refractivity (Wildman–Crippen MR) is 72.4 cm³/mol. The van der Waals surface area contributed by atoms with Gasteiger partial charge < -0.3 is 10.4 Å². The maximum absolute atomic E-state index is 11.8. The summed E-state index contributed by atoms with van der Waals surface area (Å²) in [6, 6.07) is 6.59. The molecule has 2 aromatic rings. The number of carbonyl (C=O) groups excluding carboxylic acids is 1. The Morgan fingerprint density at radius 2 is 2.10 bits per heavy atom. The zero-order valence-corrected chi connectivity index (χ0v) is 10.6. The van der Waals surface area contributed by atoms with Gasteiger partial charge in [0.25, 0.3) is 0 Å². The fourth-order valence-electron chi connectivity index (χ4n) is 1.65. The smallest absolute Gasteiger partial charge is 0.354 e. The van der Waals surface area contributed by atoms with Crippen molar-refractivity contribution in [2.45, 2.75) is 12.8 Å². The number of nitrogens with one attached hydrogen (secondary N) is 1. The number of nitrogens with zero attached hydrogens (tertiary/aromatic N) is 2. The van der Waals surface area contributed by atoms with Crippen LogP contribution in [0.15, 0.2) is 42.9 Å². The van der Waals surface area contributed by atoms with Crippen LogP contribution in [-0.2, 0) is 11.2 Å². The molecular formula is C14H13N3O3. The lowest BCUT2D eigenvalue weighted by Gasteiger charge is -2.05. The third-order valence-electron chi connectivity index (χ3n) is 2.63. The number of amides is 1. The van der Waals surface area contributed by atoms with E-state index in [0.29, 0.717) is 18.5 Å². The number of hydrogen-bond donors (Lipinski definition) is 2. The van der Waals surface area contributed by atoms with Crippen LogP contribution >= 0.6 is 0 Å². The zero-order chi connectivity index (χ0) is 14.4. The summed E-state index contributed by atoms with van der Waals surface area (Å²) < 4.78 is 0. The van der Waals surface area contributed by atoms with Gasteiger partial charge in [0.15, 0.2) is 0 Å². The molecule has 0 saturated heterocycles. The van der Waals surface area contributed by atoms with E-state index >= 15 is 0 Å². The third kappa shape index (κ3) is 3.88. The second-order valence-corrected chi connectivity index (χ2v) is 4.14. The van der Waals surface area contributed by atoms with E-state index in [-0.39, 0.29) is 11.6 Å². The maximum Gasteiger partial charge on any atom is 0.354 e. The Hall–Kier alpha value is -2.76. The average molecular weight is 271 g/mol. The lowest BCUT2D eigenvalue weighted by atomic mass is 10.1. The minimum Gasteiger partial charge on any atom is -0.477 e. The second-order valence-electron chi connectivity index (χ2n) is 4.14. The van der Waals surface area contributed by atoms with Crippen molar-refractivity contribution in [2.75, 3.05) is 5.32 Å². The van der Waals surface area contributed by atoms with Gasteiger partial charge in [-0.25, -0.2) is 9.78 Å². The van der Waals surface area contributed by atoms with Crippen LogP contribution in [0.2, 0.25) is 0 Å². The van der Waals surface area contributed by atoms with Crippen LogP contribution < -0.4 is 5.32 Å². The van der Waals surface area contributed by atoms with Crippen LogP contribution in [0.5, 0.6) is 0 Å². The fourth-order valence-corrected chi connectivity index (χ4v) is 1.65. The number of carboxylic acid groups (broad SMARTS) is 1. The highest BCUT2D eigenvalue weighted by molar-refractivity contribution is 5.92. The highest BCUT2D eigenvalue weighted by atomic mass is 16.4. The number of hydrogen-bond acceptors (Lipinski definition) is 4. The van der Waals surface area contributed by atoms with Gasteiger partial charge in [-0.1, -0.05) is 6.07 Å². The van der Waals surface area contributed by atoms with Crippen molar-refractivity contribution in [1.82, 2.24) is 9.97 Å². The quantitative estimate of drug-likeness (QED) is 0.864. The van der Waals surface area contributed by atoms with Crippen molar-refractivity contribution < 1.29 is 14.7 Å². The number of carbonyl (C=O) groups is 2. The first-order valence-electron chi connectivity index (χ1n) is 6.03. The van der Waals surface area contributed by atoms with Crippen LogP contribution in [0.4, 0.5) is 5.69 Å². The predicted octanol–water partition coefficient (Wildman–Crippen LogP) is 1.75. The van der Waals surface area contributed by atoms with Crippen LogP contribution in [0.25, 0.3) is 0 Å². The molecule has 0 fully saturated rings. The minimum absolute atomic E-state index is 0.102. The minimum atomic E-state index is -1.13. The summed E-state index contributed by atoms with van der Waals surface area (Å²) in [7, 11) is 0. The Morgan fingerprint density at radius 3 is 2.80 bits per heavy atom. The van der Waals surface area contributed by atoms with Crippen molar-refractivity contribution >= 4 is 17.6 Å². The van der Waals surface area contributed by atoms with Gasteiger partial charge in [0.1, 0.15) is 5.69 Å². The zero-order valence-electron chi connectivity index (χ0n) is 10.6. The Morgan fingerprint density at radius 1 is 1.25 bits per heavy atom. The van der Waals surface area contributed by atoms with Crippen molar-refractivity contribution in [1.29, 1.82) is 0 Å². The molecule has 0 saturated carbocycles. The molecule has 6 nitrogen and oxygen atoms in total. The van der Waals surface area contributed by atoms with E-state index < -0.39 is 5.97 Å². The number of pyridine rings is 2. The van der Waals surface area contributed by atoms with E-state index in [4.69, 9.17) is 5.11 Å². The van der Waals surface area contributed by atoms with Gasteiger partial charge in [0, 0.05) is 30.7 Å². The topological polar surface area (TPSA) is 92.2 Å². The molecule has 0 unspecified atom stereocenters. The Kier molecular flexibility index (Phi) is 4.39. The molecule has 0 aromatic carbocycles. The monoisotopic (exact) mass is 271 g/mol. The molecule has 0 radical (unpaired) electrons. The summed E-state index contributed by atoms with van der Waals surface area (Å²) in [6.07, 6.45) is 5.61. The molecule has 2 aromatic heterocycles. The number of rotatable bonds is 5. The maximum atomic E-state index is 11.8. The molecular weight excluding hydrogens is 258 g/mol. The van der Waals surface area contributed by atoms with E-state index in [1.165, 1.54) is 12.3 Å². The van der Waals surface area contributed by atoms with E-state index in [2.05, 4.69) is 15.3 Å². The molecule has 0 bridgehead atoms. The summed E-state index contributed by atoms with van der Waals surface area (Å²) in [6.45, 7) is 0. The first kappa shape index (κ1) is 13.7. The van der Waals surface area contributed by atoms with Crippen molar-refractivity contribution in [3.63, 3.8) is 0 Å². The molecule has 2 N–H and O–H groups in total. The van der Waals surface area contributed by atoms with Gasteiger partial charge in [-0.15, -0.1) is 0 Å².